The summed E-state index contributed by atoms with van der Waals surface area (Å²) in [6, 6.07) is 10.1. The van der Waals surface area contributed by atoms with Gasteiger partial charge in [-0.1, -0.05) is 18.2 Å². The lowest BCUT2D eigenvalue weighted by Crippen LogP contribution is -1.99. The van der Waals surface area contributed by atoms with Gasteiger partial charge in [-0.15, -0.1) is 11.8 Å². The molecule has 0 radical (unpaired) electrons. The van der Waals surface area contributed by atoms with Gasteiger partial charge in [-0.25, -0.2) is 0 Å². The molecule has 0 aliphatic carbocycles. The SMILES string of the molecule is O=C1CC(Sc2ccccc2)CO1. The van der Waals surface area contributed by atoms with Crippen molar-refractivity contribution in [2.75, 3.05) is 6.61 Å². The smallest absolute Gasteiger partial charge is 0.307 e. The molecule has 1 aromatic rings. The molecule has 2 nitrogen and oxygen atoms in total. The summed E-state index contributed by atoms with van der Waals surface area (Å²) in [5.41, 5.74) is 0. The number of cyclic esters (lactones) is 1. The molecule has 68 valence electrons. The molecule has 0 N–H and O–H groups in total. The predicted molar refractivity (Wildman–Crippen MR) is 51.7 cm³/mol. The van der Waals surface area contributed by atoms with Crippen molar-refractivity contribution in [3.05, 3.63) is 30.3 Å². The van der Waals surface area contributed by atoms with Crippen LogP contribution < -0.4 is 0 Å². The second-order valence-corrected chi connectivity index (χ2v) is 4.31. The summed E-state index contributed by atoms with van der Waals surface area (Å²) in [5.74, 6) is -0.0755. The third-order valence-electron chi connectivity index (χ3n) is 1.87. The first-order chi connectivity index (χ1) is 6.34. The molecule has 1 aliphatic rings. The van der Waals surface area contributed by atoms with E-state index in [9.17, 15) is 4.79 Å². The van der Waals surface area contributed by atoms with Gasteiger partial charge in [0, 0.05) is 4.90 Å². The highest BCUT2D eigenvalue weighted by Crippen LogP contribution is 2.28. The zero-order chi connectivity index (χ0) is 9.10. The van der Waals surface area contributed by atoms with Gasteiger partial charge in [0.15, 0.2) is 0 Å². The van der Waals surface area contributed by atoms with Crippen molar-refractivity contribution >= 4 is 17.7 Å². The number of rotatable bonds is 2. The van der Waals surface area contributed by atoms with Crippen molar-refractivity contribution in [1.82, 2.24) is 0 Å². The van der Waals surface area contributed by atoms with E-state index in [2.05, 4.69) is 0 Å². The summed E-state index contributed by atoms with van der Waals surface area (Å²) in [6.45, 7) is 0.554. The third-order valence-corrected chi connectivity index (χ3v) is 3.05. The van der Waals surface area contributed by atoms with E-state index in [4.69, 9.17) is 4.74 Å². The van der Waals surface area contributed by atoms with E-state index in [1.54, 1.807) is 11.8 Å². The lowest BCUT2D eigenvalue weighted by Gasteiger charge is -2.04. The van der Waals surface area contributed by atoms with Gasteiger partial charge in [0.2, 0.25) is 0 Å². The molecule has 1 heterocycles. The fourth-order valence-electron chi connectivity index (χ4n) is 1.26. The largest absolute Gasteiger partial charge is 0.464 e. The van der Waals surface area contributed by atoms with E-state index < -0.39 is 0 Å². The first kappa shape index (κ1) is 8.63. The van der Waals surface area contributed by atoms with Crippen molar-refractivity contribution in [3.63, 3.8) is 0 Å². The molecule has 0 spiro atoms. The molecule has 0 aromatic heterocycles. The maximum atomic E-state index is 10.8. The van der Waals surface area contributed by atoms with Crippen molar-refractivity contribution in [2.24, 2.45) is 0 Å². The Kier molecular flexibility index (Phi) is 2.54. The van der Waals surface area contributed by atoms with Crippen molar-refractivity contribution in [2.45, 2.75) is 16.6 Å². The number of hydrogen-bond donors (Lipinski definition) is 0. The molecule has 13 heavy (non-hydrogen) atoms. The summed E-state index contributed by atoms with van der Waals surface area (Å²) < 4.78 is 4.88. The van der Waals surface area contributed by atoms with Crippen LogP contribution in [-0.4, -0.2) is 17.8 Å². The molecule has 1 aliphatic heterocycles. The Balaban J connectivity index is 1.96. The molecule has 3 heteroatoms. The quantitative estimate of drug-likeness (QED) is 0.674. The van der Waals surface area contributed by atoms with E-state index >= 15 is 0 Å². The lowest BCUT2D eigenvalue weighted by molar-refractivity contribution is -0.137. The van der Waals surface area contributed by atoms with Crippen LogP contribution in [-0.2, 0) is 9.53 Å². The number of esters is 1. The molecule has 1 unspecified atom stereocenters. The number of carbonyl (C=O) groups excluding carboxylic acids is 1. The standard InChI is InChI=1S/C10H10O2S/c11-10-6-9(7-12-10)13-8-4-2-1-3-5-8/h1-5,9H,6-7H2. The Hall–Kier alpha value is -0.960. The van der Waals surface area contributed by atoms with Crippen molar-refractivity contribution in [1.29, 1.82) is 0 Å². The summed E-state index contributed by atoms with van der Waals surface area (Å²) >= 11 is 1.71. The number of carbonyl (C=O) groups is 1. The van der Waals surface area contributed by atoms with Gasteiger partial charge in [-0.2, -0.15) is 0 Å². The van der Waals surface area contributed by atoms with Gasteiger partial charge in [0.1, 0.15) is 6.61 Å². The molecular formula is C10H10O2S. The molecule has 1 fully saturated rings. The van der Waals surface area contributed by atoms with Crippen LogP contribution in [0.5, 0.6) is 0 Å². The van der Waals surface area contributed by atoms with E-state index in [-0.39, 0.29) is 5.97 Å². The van der Waals surface area contributed by atoms with Crippen LogP contribution in [0.4, 0.5) is 0 Å². The summed E-state index contributed by atoms with van der Waals surface area (Å²) in [5, 5.41) is 0.301. The molecule has 2 rings (SSSR count). The second kappa shape index (κ2) is 3.83. The van der Waals surface area contributed by atoms with Gasteiger partial charge < -0.3 is 4.74 Å². The fraction of sp³-hybridized carbons (Fsp3) is 0.300. The van der Waals surface area contributed by atoms with Gasteiger partial charge in [0.05, 0.1) is 11.7 Å². The molecule has 0 amide bonds. The minimum atomic E-state index is -0.0755. The Morgan fingerprint density at radius 3 is 2.69 bits per heavy atom. The normalized spacial score (nSPS) is 21.5. The highest BCUT2D eigenvalue weighted by Gasteiger charge is 2.24. The van der Waals surface area contributed by atoms with Crippen LogP contribution in [0.2, 0.25) is 0 Å². The highest BCUT2D eigenvalue weighted by molar-refractivity contribution is 8.00. The van der Waals surface area contributed by atoms with Crippen LogP contribution in [0.15, 0.2) is 35.2 Å². The van der Waals surface area contributed by atoms with Crippen LogP contribution in [0.3, 0.4) is 0 Å². The van der Waals surface area contributed by atoms with Gasteiger partial charge in [-0.05, 0) is 12.1 Å². The van der Waals surface area contributed by atoms with Crippen molar-refractivity contribution < 1.29 is 9.53 Å². The zero-order valence-electron chi connectivity index (χ0n) is 7.10. The number of benzene rings is 1. The topological polar surface area (TPSA) is 26.3 Å². The van der Waals surface area contributed by atoms with E-state index in [0.717, 1.165) is 0 Å². The monoisotopic (exact) mass is 194 g/mol. The lowest BCUT2D eigenvalue weighted by atomic mass is 10.4. The molecule has 1 aromatic carbocycles. The summed E-state index contributed by atoms with van der Waals surface area (Å²) in [6.07, 6.45) is 0.541. The molecular weight excluding hydrogens is 184 g/mol. The summed E-state index contributed by atoms with van der Waals surface area (Å²) in [7, 11) is 0. The second-order valence-electron chi connectivity index (χ2n) is 2.94. The first-order valence-corrected chi connectivity index (χ1v) is 5.10. The average Bonchev–Trinajstić information content (AvgIpc) is 2.53. The summed E-state index contributed by atoms with van der Waals surface area (Å²) in [4.78, 5) is 12.0. The van der Waals surface area contributed by atoms with E-state index in [1.165, 1.54) is 4.90 Å². The Labute approximate surface area is 81.3 Å². The predicted octanol–water partition coefficient (Wildman–Crippen LogP) is 2.09. The maximum absolute atomic E-state index is 10.8. The van der Waals surface area contributed by atoms with Gasteiger partial charge in [-0.3, -0.25) is 4.79 Å². The number of hydrogen-bond acceptors (Lipinski definition) is 3. The van der Waals surface area contributed by atoms with E-state index in [1.807, 2.05) is 30.3 Å². The Morgan fingerprint density at radius 1 is 1.31 bits per heavy atom. The molecule has 1 saturated heterocycles. The van der Waals surface area contributed by atoms with Crippen LogP contribution in [0.25, 0.3) is 0 Å². The first-order valence-electron chi connectivity index (χ1n) is 4.22. The van der Waals surface area contributed by atoms with Crippen LogP contribution in [0.1, 0.15) is 6.42 Å². The van der Waals surface area contributed by atoms with Crippen LogP contribution >= 0.6 is 11.8 Å². The van der Waals surface area contributed by atoms with Gasteiger partial charge in [0.25, 0.3) is 0 Å². The maximum Gasteiger partial charge on any atom is 0.307 e. The highest BCUT2D eigenvalue weighted by atomic mass is 32.2. The number of ether oxygens (including phenoxy) is 1. The third kappa shape index (κ3) is 2.25. The minimum Gasteiger partial charge on any atom is -0.464 e. The fourth-order valence-corrected chi connectivity index (χ4v) is 2.31. The number of thioether (sulfide) groups is 1. The average molecular weight is 194 g/mol. The zero-order valence-corrected chi connectivity index (χ0v) is 7.92. The van der Waals surface area contributed by atoms with Crippen molar-refractivity contribution in [3.8, 4) is 0 Å². The van der Waals surface area contributed by atoms with E-state index in [0.29, 0.717) is 18.3 Å². The van der Waals surface area contributed by atoms with Gasteiger partial charge >= 0.3 is 5.97 Å². The Bertz CT molecular complexity index is 297. The van der Waals surface area contributed by atoms with Crippen LogP contribution in [0, 0.1) is 0 Å². The molecule has 0 saturated carbocycles. The molecule has 1 atom stereocenters. The Morgan fingerprint density at radius 2 is 2.08 bits per heavy atom. The molecule has 0 bridgehead atoms. The minimum absolute atomic E-state index is 0.0755.